The predicted molar refractivity (Wildman–Crippen MR) is 94.8 cm³/mol. The number of benzene rings is 1. The van der Waals surface area contributed by atoms with E-state index in [1.165, 1.54) is 0 Å². The highest BCUT2D eigenvalue weighted by atomic mass is 16.5. The predicted octanol–water partition coefficient (Wildman–Crippen LogP) is 3.49. The minimum absolute atomic E-state index is 0.114. The molecule has 0 saturated carbocycles. The van der Waals surface area contributed by atoms with E-state index in [0.29, 0.717) is 18.1 Å². The summed E-state index contributed by atoms with van der Waals surface area (Å²) in [5.41, 5.74) is 1.16. The quantitative estimate of drug-likeness (QED) is 0.803. The summed E-state index contributed by atoms with van der Waals surface area (Å²) in [6.45, 7) is 5.34. The highest BCUT2D eigenvalue weighted by molar-refractivity contribution is 5.92. The molecule has 1 N–H and O–H groups in total. The zero-order chi connectivity index (χ0) is 17.4. The summed E-state index contributed by atoms with van der Waals surface area (Å²) in [6.07, 6.45) is 2.02. The Morgan fingerprint density at radius 3 is 2.62 bits per heavy atom. The third kappa shape index (κ3) is 4.68. The number of unbranched alkanes of at least 4 members (excludes halogenated alkanes) is 1. The zero-order valence-electron chi connectivity index (χ0n) is 14.5. The lowest BCUT2D eigenvalue weighted by Gasteiger charge is -2.16. The van der Waals surface area contributed by atoms with E-state index >= 15 is 0 Å². The maximum Gasteiger partial charge on any atom is 0.274 e. The van der Waals surface area contributed by atoms with Crippen molar-refractivity contribution in [2.24, 2.45) is 0 Å². The fraction of sp³-hybridized carbons (Fsp3) is 0.389. The Morgan fingerprint density at radius 1 is 1.17 bits per heavy atom. The Labute approximate surface area is 142 Å². The van der Waals surface area contributed by atoms with E-state index in [0.717, 1.165) is 30.8 Å². The number of hydrogen-bond acceptors (Lipinski definition) is 5. The summed E-state index contributed by atoms with van der Waals surface area (Å²) in [6, 6.07) is 11.1. The molecule has 1 aromatic heterocycles. The number of hydrogen-bond donors (Lipinski definition) is 1. The van der Waals surface area contributed by atoms with Crippen molar-refractivity contribution < 1.29 is 9.53 Å². The molecule has 1 heterocycles. The van der Waals surface area contributed by atoms with Crippen molar-refractivity contribution >= 4 is 17.4 Å². The van der Waals surface area contributed by atoms with Gasteiger partial charge >= 0.3 is 0 Å². The molecule has 128 valence electrons. The topological polar surface area (TPSA) is 67.4 Å². The summed E-state index contributed by atoms with van der Waals surface area (Å²) < 4.78 is 5.57. The van der Waals surface area contributed by atoms with Crippen LogP contribution in [0.4, 0.5) is 11.5 Å². The molecule has 0 spiro atoms. The van der Waals surface area contributed by atoms with Crippen LogP contribution < -0.4 is 10.1 Å². The second-order valence-corrected chi connectivity index (χ2v) is 5.44. The van der Waals surface area contributed by atoms with Gasteiger partial charge in [-0.25, -0.2) is 0 Å². The van der Waals surface area contributed by atoms with Crippen molar-refractivity contribution in [2.45, 2.75) is 26.7 Å². The van der Waals surface area contributed by atoms with Gasteiger partial charge in [-0.2, -0.15) is 0 Å². The third-order valence-corrected chi connectivity index (χ3v) is 3.53. The van der Waals surface area contributed by atoms with Crippen molar-refractivity contribution in [1.82, 2.24) is 15.1 Å². The number of ether oxygens (including phenoxy) is 1. The summed E-state index contributed by atoms with van der Waals surface area (Å²) in [5.74, 6) is 1.20. The molecule has 0 bridgehead atoms. The number of rotatable bonds is 8. The summed E-state index contributed by atoms with van der Waals surface area (Å²) in [4.78, 5) is 13.9. The molecule has 0 atom stereocenters. The molecule has 0 aliphatic carbocycles. The van der Waals surface area contributed by atoms with Crippen molar-refractivity contribution in [2.75, 3.05) is 25.5 Å². The molecule has 24 heavy (non-hydrogen) atoms. The number of aromatic nitrogens is 2. The van der Waals surface area contributed by atoms with Gasteiger partial charge in [0.05, 0.1) is 12.3 Å². The molecule has 6 nitrogen and oxygen atoms in total. The SMILES string of the molecule is CCCCN(C)C(=O)c1ccc(Nc2ccccc2OCC)nn1. The van der Waals surface area contributed by atoms with Gasteiger partial charge < -0.3 is 15.0 Å². The van der Waals surface area contributed by atoms with E-state index in [9.17, 15) is 4.79 Å². The highest BCUT2D eigenvalue weighted by Crippen LogP contribution is 2.26. The van der Waals surface area contributed by atoms with Crippen LogP contribution in [0.3, 0.4) is 0 Å². The number of nitrogens with zero attached hydrogens (tertiary/aromatic N) is 3. The van der Waals surface area contributed by atoms with E-state index < -0.39 is 0 Å². The first-order chi connectivity index (χ1) is 11.7. The van der Waals surface area contributed by atoms with Crippen LogP contribution in [0.2, 0.25) is 0 Å². The smallest absolute Gasteiger partial charge is 0.274 e. The van der Waals surface area contributed by atoms with Gasteiger partial charge in [0.15, 0.2) is 11.5 Å². The Hall–Kier alpha value is -2.63. The Balaban J connectivity index is 2.06. The van der Waals surface area contributed by atoms with E-state index in [2.05, 4.69) is 22.4 Å². The van der Waals surface area contributed by atoms with Gasteiger partial charge in [-0.05, 0) is 37.6 Å². The molecule has 0 aliphatic heterocycles. The van der Waals surface area contributed by atoms with Crippen LogP contribution in [-0.2, 0) is 0 Å². The molecule has 0 radical (unpaired) electrons. The molecule has 1 amide bonds. The van der Waals surface area contributed by atoms with Gasteiger partial charge in [0, 0.05) is 13.6 Å². The van der Waals surface area contributed by atoms with Crippen LogP contribution in [-0.4, -0.2) is 41.2 Å². The molecule has 0 unspecified atom stereocenters. The van der Waals surface area contributed by atoms with Crippen molar-refractivity contribution in [3.63, 3.8) is 0 Å². The van der Waals surface area contributed by atoms with Gasteiger partial charge in [0.1, 0.15) is 5.75 Å². The van der Waals surface area contributed by atoms with Gasteiger partial charge in [0.2, 0.25) is 0 Å². The fourth-order valence-corrected chi connectivity index (χ4v) is 2.19. The maximum absolute atomic E-state index is 12.2. The first-order valence-electron chi connectivity index (χ1n) is 8.23. The molecule has 2 rings (SSSR count). The molecule has 2 aromatic rings. The average molecular weight is 328 g/mol. The van der Waals surface area contributed by atoms with E-state index in [1.807, 2.05) is 31.2 Å². The lowest BCUT2D eigenvalue weighted by molar-refractivity contribution is 0.0786. The maximum atomic E-state index is 12.2. The molecule has 6 heteroatoms. The van der Waals surface area contributed by atoms with Crippen molar-refractivity contribution in [1.29, 1.82) is 0 Å². The minimum Gasteiger partial charge on any atom is -0.492 e. The monoisotopic (exact) mass is 328 g/mol. The van der Waals surface area contributed by atoms with Crippen LogP contribution in [0.5, 0.6) is 5.75 Å². The molecule has 0 saturated heterocycles. The Kier molecular flexibility index (Phi) is 6.54. The van der Waals surface area contributed by atoms with Crippen LogP contribution in [0.25, 0.3) is 0 Å². The number of para-hydroxylation sites is 2. The molecular formula is C18H24N4O2. The average Bonchev–Trinajstić information content (AvgIpc) is 2.61. The standard InChI is InChI=1S/C18H24N4O2/c1-4-6-13-22(3)18(23)15-11-12-17(21-20-15)19-14-9-7-8-10-16(14)24-5-2/h7-12H,4-6,13H2,1-3H3,(H,19,21). The van der Waals surface area contributed by atoms with E-state index in [-0.39, 0.29) is 5.91 Å². The molecular weight excluding hydrogens is 304 g/mol. The number of carbonyl (C=O) groups excluding carboxylic acids is 1. The number of anilines is 2. The first-order valence-corrected chi connectivity index (χ1v) is 8.23. The number of nitrogens with one attached hydrogen (secondary N) is 1. The first kappa shape index (κ1) is 17.7. The Bertz CT molecular complexity index is 658. The second kappa shape index (κ2) is 8.86. The summed E-state index contributed by atoms with van der Waals surface area (Å²) >= 11 is 0. The number of amides is 1. The lowest BCUT2D eigenvalue weighted by atomic mass is 10.2. The molecule has 1 aromatic carbocycles. The van der Waals surface area contributed by atoms with Gasteiger partial charge in [-0.15, -0.1) is 10.2 Å². The van der Waals surface area contributed by atoms with Gasteiger partial charge in [-0.3, -0.25) is 4.79 Å². The fourth-order valence-electron chi connectivity index (χ4n) is 2.19. The minimum atomic E-state index is -0.114. The summed E-state index contributed by atoms with van der Waals surface area (Å²) in [5, 5.41) is 11.3. The lowest BCUT2D eigenvalue weighted by Crippen LogP contribution is -2.28. The molecule has 0 aliphatic rings. The van der Waals surface area contributed by atoms with Crippen LogP contribution >= 0.6 is 0 Å². The number of carbonyl (C=O) groups is 1. The molecule has 0 fully saturated rings. The highest BCUT2D eigenvalue weighted by Gasteiger charge is 2.13. The van der Waals surface area contributed by atoms with Crippen molar-refractivity contribution in [3.8, 4) is 5.75 Å². The van der Waals surface area contributed by atoms with Gasteiger partial charge in [-0.1, -0.05) is 25.5 Å². The third-order valence-electron chi connectivity index (χ3n) is 3.53. The van der Waals surface area contributed by atoms with Gasteiger partial charge in [0.25, 0.3) is 5.91 Å². The van der Waals surface area contributed by atoms with Crippen molar-refractivity contribution in [3.05, 3.63) is 42.1 Å². The van der Waals surface area contributed by atoms with E-state index in [1.54, 1.807) is 24.1 Å². The Morgan fingerprint density at radius 2 is 1.96 bits per heavy atom. The van der Waals surface area contributed by atoms with Crippen LogP contribution in [0, 0.1) is 0 Å². The largest absolute Gasteiger partial charge is 0.492 e. The van der Waals surface area contributed by atoms with Crippen LogP contribution in [0.15, 0.2) is 36.4 Å². The second-order valence-electron chi connectivity index (χ2n) is 5.44. The normalized spacial score (nSPS) is 10.3. The van der Waals surface area contributed by atoms with Crippen LogP contribution in [0.1, 0.15) is 37.2 Å². The van der Waals surface area contributed by atoms with E-state index in [4.69, 9.17) is 4.74 Å². The zero-order valence-corrected chi connectivity index (χ0v) is 14.5. The summed E-state index contributed by atoms with van der Waals surface area (Å²) in [7, 11) is 1.78.